The topological polar surface area (TPSA) is 105 Å². The van der Waals surface area contributed by atoms with Crippen molar-refractivity contribution in [2.24, 2.45) is 23.7 Å². The largest absolute Gasteiger partial charge is 0.497 e. The molecular weight excluding hydrogens is 312 g/mol. The number of carbonyl (C=O) groups excluding carboxylic acids is 2. The SMILES string of the molecule is COc1ccc(C(=O)NNC(=O)[C@@H]2[C@@H](C(=O)O)[C@H]3C=C[C@H]2C3)cc1. The molecule has 3 rings (SSSR count). The Morgan fingerprint density at radius 1 is 1.04 bits per heavy atom. The maximum Gasteiger partial charge on any atom is 0.307 e. The predicted molar refractivity (Wildman–Crippen MR) is 84.0 cm³/mol. The first-order valence-corrected chi connectivity index (χ1v) is 7.66. The highest BCUT2D eigenvalue weighted by Gasteiger charge is 2.51. The molecule has 1 aromatic rings. The highest BCUT2D eigenvalue weighted by atomic mass is 16.5. The summed E-state index contributed by atoms with van der Waals surface area (Å²) in [5.41, 5.74) is 5.05. The van der Waals surface area contributed by atoms with Crippen molar-refractivity contribution < 1.29 is 24.2 Å². The minimum absolute atomic E-state index is 0.0889. The number of amides is 2. The number of allylic oxidation sites excluding steroid dienone is 2. The van der Waals surface area contributed by atoms with Crippen LogP contribution in [0.4, 0.5) is 0 Å². The molecule has 0 heterocycles. The Balaban J connectivity index is 1.61. The molecule has 0 saturated heterocycles. The molecule has 0 aromatic heterocycles. The van der Waals surface area contributed by atoms with Gasteiger partial charge in [-0.1, -0.05) is 12.2 Å². The van der Waals surface area contributed by atoms with Crippen LogP contribution in [-0.4, -0.2) is 30.0 Å². The van der Waals surface area contributed by atoms with E-state index < -0.39 is 29.6 Å². The molecule has 0 aliphatic heterocycles. The lowest BCUT2D eigenvalue weighted by atomic mass is 9.82. The Morgan fingerprint density at radius 3 is 2.25 bits per heavy atom. The van der Waals surface area contributed by atoms with E-state index in [-0.39, 0.29) is 11.8 Å². The van der Waals surface area contributed by atoms with Crippen molar-refractivity contribution in [3.8, 4) is 5.75 Å². The summed E-state index contributed by atoms with van der Waals surface area (Å²) in [6.45, 7) is 0. The van der Waals surface area contributed by atoms with Crippen LogP contribution in [0.2, 0.25) is 0 Å². The normalized spacial score (nSPS) is 26.9. The van der Waals surface area contributed by atoms with E-state index >= 15 is 0 Å². The molecule has 0 unspecified atom stereocenters. The smallest absolute Gasteiger partial charge is 0.307 e. The Labute approximate surface area is 138 Å². The molecule has 7 heteroatoms. The Morgan fingerprint density at radius 2 is 1.67 bits per heavy atom. The predicted octanol–water partition coefficient (Wildman–Crippen LogP) is 0.979. The van der Waals surface area contributed by atoms with E-state index in [1.165, 1.54) is 7.11 Å². The molecule has 2 bridgehead atoms. The fourth-order valence-corrected chi connectivity index (χ4v) is 3.53. The molecule has 126 valence electrons. The first kappa shape index (κ1) is 16.0. The summed E-state index contributed by atoms with van der Waals surface area (Å²) < 4.78 is 5.01. The molecule has 4 atom stereocenters. The van der Waals surface area contributed by atoms with Crippen molar-refractivity contribution in [2.75, 3.05) is 7.11 Å². The number of carboxylic acid groups (broad SMARTS) is 1. The third kappa shape index (κ3) is 2.84. The van der Waals surface area contributed by atoms with Gasteiger partial charge in [-0.25, -0.2) is 0 Å². The van der Waals surface area contributed by atoms with Crippen LogP contribution in [0, 0.1) is 23.7 Å². The Kier molecular flexibility index (Phi) is 4.24. The zero-order valence-corrected chi connectivity index (χ0v) is 13.1. The second-order valence-electron chi connectivity index (χ2n) is 6.01. The van der Waals surface area contributed by atoms with Crippen LogP contribution in [-0.2, 0) is 9.59 Å². The number of ether oxygens (including phenoxy) is 1. The second kappa shape index (κ2) is 6.35. The molecule has 7 nitrogen and oxygen atoms in total. The van der Waals surface area contributed by atoms with Gasteiger partial charge in [-0.05, 0) is 42.5 Å². The van der Waals surface area contributed by atoms with Gasteiger partial charge in [0.2, 0.25) is 5.91 Å². The van der Waals surface area contributed by atoms with Crippen molar-refractivity contribution >= 4 is 17.8 Å². The summed E-state index contributed by atoms with van der Waals surface area (Å²) in [7, 11) is 1.53. The lowest BCUT2D eigenvalue weighted by molar-refractivity contribution is -0.148. The molecule has 0 radical (unpaired) electrons. The van der Waals surface area contributed by atoms with Crippen LogP contribution in [0.1, 0.15) is 16.8 Å². The van der Waals surface area contributed by atoms with Crippen molar-refractivity contribution in [1.82, 2.24) is 10.9 Å². The number of carbonyl (C=O) groups is 3. The number of fused-ring (bicyclic) bond motifs is 2. The molecule has 24 heavy (non-hydrogen) atoms. The van der Waals surface area contributed by atoms with Gasteiger partial charge < -0.3 is 9.84 Å². The number of methoxy groups -OCH3 is 1. The van der Waals surface area contributed by atoms with Gasteiger partial charge in [-0.2, -0.15) is 0 Å². The summed E-state index contributed by atoms with van der Waals surface area (Å²) in [4.78, 5) is 35.8. The van der Waals surface area contributed by atoms with Gasteiger partial charge in [0.15, 0.2) is 0 Å². The van der Waals surface area contributed by atoms with Gasteiger partial charge in [0.1, 0.15) is 5.75 Å². The van der Waals surface area contributed by atoms with E-state index in [4.69, 9.17) is 4.74 Å². The quantitative estimate of drug-likeness (QED) is 0.564. The van der Waals surface area contributed by atoms with Gasteiger partial charge in [-0.3, -0.25) is 25.2 Å². The molecular formula is C17H18N2O5. The van der Waals surface area contributed by atoms with Crippen molar-refractivity contribution in [3.63, 3.8) is 0 Å². The van der Waals surface area contributed by atoms with Crippen LogP contribution in [0.25, 0.3) is 0 Å². The molecule has 3 N–H and O–H groups in total. The van der Waals surface area contributed by atoms with E-state index in [0.717, 1.165) is 0 Å². The monoisotopic (exact) mass is 330 g/mol. The minimum atomic E-state index is -0.978. The third-order valence-corrected chi connectivity index (χ3v) is 4.70. The third-order valence-electron chi connectivity index (χ3n) is 4.70. The first-order chi connectivity index (χ1) is 11.5. The van der Waals surface area contributed by atoms with Gasteiger partial charge in [0.25, 0.3) is 5.91 Å². The molecule has 0 spiro atoms. The van der Waals surface area contributed by atoms with Crippen LogP contribution in [0.5, 0.6) is 5.75 Å². The van der Waals surface area contributed by atoms with Crippen LogP contribution >= 0.6 is 0 Å². The molecule has 1 fully saturated rings. The highest BCUT2D eigenvalue weighted by Crippen LogP contribution is 2.48. The number of carboxylic acids is 1. The van der Waals surface area contributed by atoms with Crippen LogP contribution in [0.15, 0.2) is 36.4 Å². The zero-order valence-electron chi connectivity index (χ0n) is 13.1. The van der Waals surface area contributed by atoms with Gasteiger partial charge in [-0.15, -0.1) is 0 Å². The lowest BCUT2D eigenvalue weighted by Crippen LogP contribution is -2.48. The first-order valence-electron chi connectivity index (χ1n) is 7.66. The number of benzene rings is 1. The van der Waals surface area contributed by atoms with Gasteiger partial charge in [0, 0.05) is 5.56 Å². The summed E-state index contributed by atoms with van der Waals surface area (Å²) in [6, 6.07) is 6.41. The Bertz CT molecular complexity index is 697. The number of rotatable bonds is 4. The molecule has 2 aliphatic carbocycles. The number of aliphatic carboxylic acids is 1. The lowest BCUT2D eigenvalue weighted by Gasteiger charge is -2.23. The van der Waals surface area contributed by atoms with Crippen molar-refractivity contribution in [1.29, 1.82) is 0 Å². The standard InChI is InChI=1S/C17H18N2O5/c1-24-12-6-4-9(5-7-12)15(20)18-19-16(21)13-10-2-3-11(8-10)14(13)17(22)23/h2-7,10-11,13-14H,8H2,1H3,(H,18,20)(H,19,21)(H,22,23)/t10-,11-,13-,14-/m0/s1. The molecule has 1 aromatic carbocycles. The van der Waals surface area contributed by atoms with E-state index in [0.29, 0.717) is 17.7 Å². The van der Waals surface area contributed by atoms with Crippen LogP contribution in [0.3, 0.4) is 0 Å². The van der Waals surface area contributed by atoms with Gasteiger partial charge >= 0.3 is 5.97 Å². The summed E-state index contributed by atoms with van der Waals surface area (Å²) in [5.74, 6) is -2.90. The van der Waals surface area contributed by atoms with Crippen molar-refractivity contribution in [2.45, 2.75) is 6.42 Å². The van der Waals surface area contributed by atoms with Crippen LogP contribution < -0.4 is 15.6 Å². The number of nitrogens with one attached hydrogen (secondary N) is 2. The minimum Gasteiger partial charge on any atom is -0.497 e. The number of hydrogen-bond donors (Lipinski definition) is 3. The zero-order chi connectivity index (χ0) is 17.3. The highest BCUT2D eigenvalue weighted by molar-refractivity contribution is 5.96. The maximum absolute atomic E-state index is 12.3. The number of hydrazine groups is 1. The van der Waals surface area contributed by atoms with E-state index in [1.54, 1.807) is 24.3 Å². The summed E-state index contributed by atoms with van der Waals surface area (Å²) >= 11 is 0. The molecule has 1 saturated carbocycles. The average Bonchev–Trinajstić information content (AvgIpc) is 3.20. The van der Waals surface area contributed by atoms with E-state index in [9.17, 15) is 19.5 Å². The number of hydrogen-bond acceptors (Lipinski definition) is 4. The molecule has 2 amide bonds. The fraction of sp³-hybridized carbons (Fsp3) is 0.353. The second-order valence-corrected chi connectivity index (χ2v) is 6.01. The summed E-state index contributed by atoms with van der Waals surface area (Å²) in [5, 5.41) is 9.35. The fourth-order valence-electron chi connectivity index (χ4n) is 3.53. The van der Waals surface area contributed by atoms with E-state index in [1.807, 2.05) is 12.2 Å². The van der Waals surface area contributed by atoms with Gasteiger partial charge in [0.05, 0.1) is 18.9 Å². The maximum atomic E-state index is 12.3. The Hall–Kier alpha value is -2.83. The molecule has 2 aliphatic rings. The van der Waals surface area contributed by atoms with Crippen molar-refractivity contribution in [3.05, 3.63) is 42.0 Å². The summed E-state index contributed by atoms with van der Waals surface area (Å²) in [6.07, 6.45) is 4.42. The average molecular weight is 330 g/mol. The van der Waals surface area contributed by atoms with E-state index in [2.05, 4.69) is 10.9 Å².